The van der Waals surface area contributed by atoms with Crippen LogP contribution in [0.25, 0.3) is 0 Å². The molecule has 0 aromatic heterocycles. The molecule has 34 heavy (non-hydrogen) atoms. The maximum absolute atomic E-state index is 12.4. The van der Waals surface area contributed by atoms with Crippen LogP contribution in [-0.2, 0) is 23.9 Å². The van der Waals surface area contributed by atoms with Gasteiger partial charge in [0.05, 0.1) is 18.3 Å². The molecule has 9 nitrogen and oxygen atoms in total. The van der Waals surface area contributed by atoms with Gasteiger partial charge in [-0.15, -0.1) is 0 Å². The second kappa shape index (κ2) is 16.8. The highest BCUT2D eigenvalue weighted by Gasteiger charge is 2.41. The van der Waals surface area contributed by atoms with E-state index in [-0.39, 0.29) is 50.6 Å². The molecule has 4 N–H and O–H groups in total. The van der Waals surface area contributed by atoms with E-state index < -0.39 is 42.3 Å². The van der Waals surface area contributed by atoms with E-state index >= 15 is 0 Å². The minimum Gasteiger partial charge on any atom is -0.463 e. The van der Waals surface area contributed by atoms with E-state index in [4.69, 9.17) is 4.74 Å². The molecule has 196 valence electrons. The molecule has 1 rings (SSSR count). The van der Waals surface area contributed by atoms with Crippen LogP contribution in [0.3, 0.4) is 0 Å². The Balaban J connectivity index is 2.34. The lowest BCUT2D eigenvalue weighted by molar-refractivity contribution is -0.151. The predicted octanol–water partition coefficient (Wildman–Crippen LogP) is 1.83. The van der Waals surface area contributed by atoms with E-state index in [1.807, 2.05) is 0 Å². The van der Waals surface area contributed by atoms with Gasteiger partial charge < -0.3 is 29.9 Å². The van der Waals surface area contributed by atoms with E-state index in [1.165, 1.54) is 6.92 Å². The number of rotatable bonds is 17. The van der Waals surface area contributed by atoms with Crippen molar-refractivity contribution in [2.75, 3.05) is 13.2 Å². The molecule has 1 saturated carbocycles. The third kappa shape index (κ3) is 12.6. The summed E-state index contributed by atoms with van der Waals surface area (Å²) in [6.07, 6.45) is 5.45. The first-order valence-electron chi connectivity index (χ1n) is 12.3. The summed E-state index contributed by atoms with van der Waals surface area (Å²) < 4.78 is 9.53. The van der Waals surface area contributed by atoms with Gasteiger partial charge in [-0.2, -0.15) is 0 Å². The average Bonchev–Trinajstić information content (AvgIpc) is 3.04. The average molecular weight is 487 g/mol. The molecule has 0 heterocycles. The van der Waals surface area contributed by atoms with Gasteiger partial charge in [-0.25, -0.2) is 0 Å². The van der Waals surface area contributed by atoms with Crippen LogP contribution in [0.5, 0.6) is 0 Å². The zero-order valence-corrected chi connectivity index (χ0v) is 20.4. The summed E-state index contributed by atoms with van der Waals surface area (Å²) >= 11 is 0. The molecule has 9 heteroatoms. The van der Waals surface area contributed by atoms with Crippen molar-refractivity contribution in [3.05, 3.63) is 12.2 Å². The first-order valence-corrected chi connectivity index (χ1v) is 12.3. The minimum absolute atomic E-state index is 0.0507. The molecule has 6 atom stereocenters. The number of aliphatic hydroxyl groups is 4. The fourth-order valence-corrected chi connectivity index (χ4v) is 4.10. The number of unbranched alkanes of at least 4 members (excludes halogenated alkanes) is 3. The van der Waals surface area contributed by atoms with Gasteiger partial charge in [0.25, 0.3) is 0 Å². The smallest absolute Gasteiger partial charge is 0.305 e. The van der Waals surface area contributed by atoms with Gasteiger partial charge in [-0.1, -0.05) is 38.3 Å². The summed E-state index contributed by atoms with van der Waals surface area (Å²) in [5.74, 6) is -1.87. The molecule has 1 fully saturated rings. The molecule has 0 bridgehead atoms. The molecule has 0 amide bonds. The number of carbonyl (C=O) groups is 3. The van der Waals surface area contributed by atoms with Crippen LogP contribution < -0.4 is 0 Å². The number of Topliss-reactive ketones (excluding diaryl/α,β-unsaturated/α-hetero) is 1. The Morgan fingerprint density at radius 1 is 0.971 bits per heavy atom. The maximum Gasteiger partial charge on any atom is 0.305 e. The van der Waals surface area contributed by atoms with E-state index in [2.05, 4.69) is 11.7 Å². The van der Waals surface area contributed by atoms with E-state index in [0.29, 0.717) is 19.3 Å². The summed E-state index contributed by atoms with van der Waals surface area (Å²) in [5, 5.41) is 40.3. The second-order valence-electron chi connectivity index (χ2n) is 9.15. The summed E-state index contributed by atoms with van der Waals surface area (Å²) in [6.45, 7) is 2.79. The van der Waals surface area contributed by atoms with Gasteiger partial charge in [0.1, 0.15) is 25.1 Å². The lowest BCUT2D eigenvalue weighted by Crippen LogP contribution is -2.24. The second-order valence-corrected chi connectivity index (χ2v) is 9.15. The molecule has 0 aromatic carbocycles. The SMILES string of the molecule is CCCCC[C@H](O)/C=C/[C@@H]1[C@@H](CC(=O)CCCCC(=O)OC[C@H](O)COC(C)=O)[C@@H](O)C[C@H]1O. The number of esters is 2. The number of ketones is 1. The molecule has 1 aliphatic carbocycles. The first kappa shape index (κ1) is 30.2. The summed E-state index contributed by atoms with van der Waals surface area (Å²) in [6, 6.07) is 0. The van der Waals surface area contributed by atoms with E-state index in [0.717, 1.165) is 19.3 Å². The Morgan fingerprint density at radius 3 is 2.32 bits per heavy atom. The predicted molar refractivity (Wildman–Crippen MR) is 125 cm³/mol. The van der Waals surface area contributed by atoms with Crippen molar-refractivity contribution in [2.24, 2.45) is 11.8 Å². The van der Waals surface area contributed by atoms with Crippen molar-refractivity contribution in [3.63, 3.8) is 0 Å². The maximum atomic E-state index is 12.4. The molecular weight excluding hydrogens is 444 g/mol. The van der Waals surface area contributed by atoms with Gasteiger partial charge >= 0.3 is 11.9 Å². The van der Waals surface area contributed by atoms with Gasteiger partial charge in [-0.3, -0.25) is 14.4 Å². The lowest BCUT2D eigenvalue weighted by atomic mass is 9.87. The van der Waals surface area contributed by atoms with Gasteiger partial charge in [-0.05, 0) is 19.3 Å². The van der Waals surface area contributed by atoms with Crippen LogP contribution in [0.15, 0.2) is 12.2 Å². The number of aliphatic hydroxyl groups excluding tert-OH is 4. The molecule has 0 aromatic rings. The highest BCUT2D eigenvalue weighted by atomic mass is 16.6. The topological polar surface area (TPSA) is 151 Å². The molecule has 0 unspecified atom stereocenters. The Hall–Kier alpha value is -1.81. The van der Waals surface area contributed by atoms with Gasteiger partial charge in [0.15, 0.2) is 0 Å². The van der Waals surface area contributed by atoms with Crippen molar-refractivity contribution < 1.29 is 44.3 Å². The minimum atomic E-state index is -1.08. The molecule has 0 radical (unpaired) electrons. The standard InChI is InChI=1S/C25H42O9/c1-3-4-5-8-18(27)11-12-21-22(24(31)14-23(21)30)13-19(28)9-6-7-10-25(32)34-16-20(29)15-33-17(2)26/h11-12,18,20-24,27,29-31H,3-10,13-16H2,1-2H3/b12-11+/t18-,20+,21+,22+,23+,24-/m0/s1. The molecule has 0 spiro atoms. The molecule has 0 aliphatic heterocycles. The number of carbonyl (C=O) groups excluding carboxylic acids is 3. The first-order chi connectivity index (χ1) is 16.1. The third-order valence-electron chi connectivity index (χ3n) is 6.04. The van der Waals surface area contributed by atoms with Crippen molar-refractivity contribution in [1.82, 2.24) is 0 Å². The lowest BCUT2D eigenvalue weighted by Gasteiger charge is -2.20. The number of hydrogen-bond donors (Lipinski definition) is 4. The van der Waals surface area contributed by atoms with E-state index in [1.54, 1.807) is 12.2 Å². The zero-order valence-electron chi connectivity index (χ0n) is 20.4. The van der Waals surface area contributed by atoms with Crippen LogP contribution in [0.1, 0.15) is 78.1 Å². The Labute approximate surface area is 202 Å². The van der Waals surface area contributed by atoms with Crippen molar-refractivity contribution >= 4 is 17.7 Å². The Kier molecular flexibility index (Phi) is 14.9. The number of hydrogen-bond acceptors (Lipinski definition) is 9. The summed E-state index contributed by atoms with van der Waals surface area (Å²) in [5.41, 5.74) is 0. The van der Waals surface area contributed by atoms with Crippen molar-refractivity contribution in [2.45, 2.75) is 102 Å². The van der Waals surface area contributed by atoms with Crippen molar-refractivity contribution in [1.29, 1.82) is 0 Å². The molecular formula is C25H42O9. The van der Waals surface area contributed by atoms with Gasteiger partial charge in [0, 0.05) is 44.4 Å². The van der Waals surface area contributed by atoms with Crippen LogP contribution in [0.2, 0.25) is 0 Å². The highest BCUT2D eigenvalue weighted by Crippen LogP contribution is 2.36. The molecule has 1 aliphatic rings. The number of ether oxygens (including phenoxy) is 2. The summed E-state index contributed by atoms with van der Waals surface area (Å²) in [7, 11) is 0. The highest BCUT2D eigenvalue weighted by molar-refractivity contribution is 5.79. The third-order valence-corrected chi connectivity index (χ3v) is 6.04. The Bertz CT molecular complexity index is 648. The fourth-order valence-electron chi connectivity index (χ4n) is 4.10. The summed E-state index contributed by atoms with van der Waals surface area (Å²) in [4.78, 5) is 34.8. The van der Waals surface area contributed by atoms with E-state index in [9.17, 15) is 34.8 Å². The van der Waals surface area contributed by atoms with Crippen LogP contribution >= 0.6 is 0 Å². The van der Waals surface area contributed by atoms with Crippen LogP contribution in [0.4, 0.5) is 0 Å². The quantitative estimate of drug-likeness (QED) is 0.137. The van der Waals surface area contributed by atoms with Crippen molar-refractivity contribution in [3.8, 4) is 0 Å². The van der Waals surface area contributed by atoms with Crippen LogP contribution in [-0.4, -0.2) is 75.8 Å². The Morgan fingerprint density at radius 2 is 1.65 bits per heavy atom. The fraction of sp³-hybridized carbons (Fsp3) is 0.800. The van der Waals surface area contributed by atoms with Gasteiger partial charge in [0.2, 0.25) is 0 Å². The van der Waals surface area contributed by atoms with Crippen LogP contribution in [0, 0.1) is 11.8 Å². The zero-order chi connectivity index (χ0) is 25.5. The normalized spacial score (nSPS) is 24.2. The molecule has 0 saturated heterocycles. The largest absolute Gasteiger partial charge is 0.463 e. The monoisotopic (exact) mass is 486 g/mol.